The van der Waals surface area contributed by atoms with Crippen LogP contribution in [-0.2, 0) is 19.3 Å². The van der Waals surface area contributed by atoms with Gasteiger partial charge in [0.05, 0.1) is 10.6 Å². The summed E-state index contributed by atoms with van der Waals surface area (Å²) in [5.41, 5.74) is 2.73. The van der Waals surface area contributed by atoms with E-state index in [0.29, 0.717) is 24.3 Å². The summed E-state index contributed by atoms with van der Waals surface area (Å²) in [6, 6.07) is 10.1. The normalized spacial score (nSPS) is 16.6. The lowest BCUT2D eigenvalue weighted by Gasteiger charge is -2.22. The van der Waals surface area contributed by atoms with E-state index in [1.54, 1.807) is 12.4 Å². The van der Waals surface area contributed by atoms with Crippen molar-refractivity contribution in [3.05, 3.63) is 64.4 Å². The Hall–Kier alpha value is -1.38. The van der Waals surface area contributed by atoms with E-state index in [4.69, 9.17) is 11.6 Å². The highest BCUT2D eigenvalue weighted by Crippen LogP contribution is 2.33. The summed E-state index contributed by atoms with van der Waals surface area (Å²) in [5.74, 6) is 0. The molecule has 0 amide bonds. The number of fused-ring (bicyclic) bond motifs is 1. The van der Waals surface area contributed by atoms with Gasteiger partial charge in [-0.3, -0.25) is 4.98 Å². The van der Waals surface area contributed by atoms with Crippen LogP contribution in [0.15, 0.2) is 42.7 Å². The molecule has 1 aromatic heterocycles. The van der Waals surface area contributed by atoms with Crippen LogP contribution in [0.3, 0.4) is 0 Å². The number of halogens is 1. The molecule has 0 unspecified atom stereocenters. The van der Waals surface area contributed by atoms with Gasteiger partial charge in [0, 0.05) is 31.7 Å². The zero-order valence-corrected chi connectivity index (χ0v) is 10.7. The molecule has 1 N–H and O–H groups in total. The maximum absolute atomic E-state index is 10.7. The summed E-state index contributed by atoms with van der Waals surface area (Å²) < 4.78 is 0. The zero-order chi connectivity index (χ0) is 12.6. The van der Waals surface area contributed by atoms with Crippen LogP contribution in [0.2, 0.25) is 5.02 Å². The van der Waals surface area contributed by atoms with E-state index in [1.165, 1.54) is 11.1 Å². The molecule has 0 atom stereocenters. The molecule has 0 fully saturated rings. The number of benzene rings is 1. The summed E-state index contributed by atoms with van der Waals surface area (Å²) in [5, 5.41) is 11.3. The van der Waals surface area contributed by atoms with Crippen molar-refractivity contribution >= 4 is 11.6 Å². The van der Waals surface area contributed by atoms with Gasteiger partial charge in [0.1, 0.15) is 0 Å². The number of hydrogen-bond acceptors (Lipinski definition) is 2. The van der Waals surface area contributed by atoms with E-state index in [1.807, 2.05) is 18.2 Å². The monoisotopic (exact) mass is 259 g/mol. The molecule has 1 aliphatic carbocycles. The Morgan fingerprint density at radius 2 is 1.83 bits per heavy atom. The highest BCUT2D eigenvalue weighted by molar-refractivity contribution is 6.31. The number of aliphatic hydroxyl groups is 1. The number of pyridine rings is 1. The van der Waals surface area contributed by atoms with Crippen LogP contribution >= 0.6 is 11.6 Å². The second kappa shape index (κ2) is 4.38. The van der Waals surface area contributed by atoms with Gasteiger partial charge in [-0.25, -0.2) is 0 Å². The molecule has 1 aliphatic rings. The van der Waals surface area contributed by atoms with Crippen molar-refractivity contribution in [2.45, 2.75) is 24.9 Å². The third-order valence-electron chi connectivity index (χ3n) is 3.53. The van der Waals surface area contributed by atoms with E-state index in [0.717, 1.165) is 5.56 Å². The smallest absolute Gasteiger partial charge is 0.0768 e. The van der Waals surface area contributed by atoms with E-state index in [2.05, 4.69) is 17.1 Å². The first-order valence-electron chi connectivity index (χ1n) is 6.04. The molecule has 2 nitrogen and oxygen atoms in total. The molecular weight excluding hydrogens is 246 g/mol. The fourth-order valence-corrected chi connectivity index (χ4v) is 2.89. The Bertz CT molecular complexity index is 557. The standard InChI is InChI=1S/C15H14ClNO/c16-14-10-17-6-5-13(14)9-15(18)7-11-3-1-2-4-12(11)8-15/h1-6,10,18H,7-9H2. The quantitative estimate of drug-likeness (QED) is 0.900. The largest absolute Gasteiger partial charge is 0.389 e. The van der Waals surface area contributed by atoms with Crippen LogP contribution in [-0.4, -0.2) is 15.7 Å². The topological polar surface area (TPSA) is 33.1 Å². The summed E-state index contributed by atoms with van der Waals surface area (Å²) in [4.78, 5) is 3.97. The molecule has 92 valence electrons. The summed E-state index contributed by atoms with van der Waals surface area (Å²) >= 11 is 6.10. The molecule has 0 spiro atoms. The Balaban J connectivity index is 1.85. The zero-order valence-electron chi connectivity index (χ0n) is 9.94. The van der Waals surface area contributed by atoms with Gasteiger partial charge in [-0.15, -0.1) is 0 Å². The van der Waals surface area contributed by atoms with Gasteiger partial charge < -0.3 is 5.11 Å². The van der Waals surface area contributed by atoms with Crippen molar-refractivity contribution in [3.8, 4) is 0 Å². The van der Waals surface area contributed by atoms with Gasteiger partial charge >= 0.3 is 0 Å². The van der Waals surface area contributed by atoms with Crippen molar-refractivity contribution in [2.75, 3.05) is 0 Å². The molecule has 2 aromatic rings. The van der Waals surface area contributed by atoms with Crippen molar-refractivity contribution < 1.29 is 5.11 Å². The molecule has 1 heterocycles. The average Bonchev–Trinajstić information content (AvgIpc) is 2.68. The predicted molar refractivity (Wildman–Crippen MR) is 71.8 cm³/mol. The van der Waals surface area contributed by atoms with Gasteiger partial charge in [-0.05, 0) is 22.8 Å². The van der Waals surface area contributed by atoms with E-state index < -0.39 is 5.60 Å². The maximum atomic E-state index is 10.7. The Kier molecular flexibility index (Phi) is 2.84. The molecule has 18 heavy (non-hydrogen) atoms. The fraction of sp³-hybridized carbons (Fsp3) is 0.267. The van der Waals surface area contributed by atoms with Crippen LogP contribution < -0.4 is 0 Å². The maximum Gasteiger partial charge on any atom is 0.0768 e. The molecule has 1 aromatic carbocycles. The molecule has 0 aliphatic heterocycles. The third-order valence-corrected chi connectivity index (χ3v) is 3.87. The minimum absolute atomic E-state index is 0.572. The van der Waals surface area contributed by atoms with Gasteiger partial charge in [0.15, 0.2) is 0 Å². The highest BCUT2D eigenvalue weighted by atomic mass is 35.5. The van der Waals surface area contributed by atoms with Gasteiger partial charge in [0.2, 0.25) is 0 Å². The number of rotatable bonds is 2. The third kappa shape index (κ3) is 2.14. The Morgan fingerprint density at radius 3 is 2.44 bits per heavy atom. The van der Waals surface area contributed by atoms with Crippen molar-refractivity contribution in [2.24, 2.45) is 0 Å². The highest BCUT2D eigenvalue weighted by Gasteiger charge is 2.35. The molecule has 0 bridgehead atoms. The van der Waals surface area contributed by atoms with E-state index in [-0.39, 0.29) is 0 Å². The van der Waals surface area contributed by atoms with Gasteiger partial charge in [0.25, 0.3) is 0 Å². The van der Waals surface area contributed by atoms with Crippen molar-refractivity contribution in [3.63, 3.8) is 0 Å². The predicted octanol–water partition coefficient (Wildman–Crippen LogP) is 2.81. The first-order chi connectivity index (χ1) is 8.66. The van der Waals surface area contributed by atoms with Crippen LogP contribution in [0.1, 0.15) is 16.7 Å². The number of nitrogens with zero attached hydrogens (tertiary/aromatic N) is 1. The van der Waals surface area contributed by atoms with Crippen LogP contribution in [0.5, 0.6) is 0 Å². The fourth-order valence-electron chi connectivity index (χ4n) is 2.70. The minimum atomic E-state index is -0.714. The molecular formula is C15H14ClNO. The Morgan fingerprint density at radius 1 is 1.17 bits per heavy atom. The Labute approximate surface area is 111 Å². The van der Waals surface area contributed by atoms with Crippen molar-refractivity contribution in [1.82, 2.24) is 4.98 Å². The van der Waals surface area contributed by atoms with Gasteiger partial charge in [-0.1, -0.05) is 35.9 Å². The number of hydrogen-bond donors (Lipinski definition) is 1. The summed E-state index contributed by atoms with van der Waals surface area (Å²) in [6.45, 7) is 0. The molecule has 3 rings (SSSR count). The van der Waals surface area contributed by atoms with Crippen LogP contribution in [0.4, 0.5) is 0 Å². The molecule has 0 saturated carbocycles. The SMILES string of the molecule is OC1(Cc2ccncc2Cl)Cc2ccccc2C1. The lowest BCUT2D eigenvalue weighted by Crippen LogP contribution is -2.32. The summed E-state index contributed by atoms with van der Waals surface area (Å²) in [6.07, 6.45) is 5.31. The van der Waals surface area contributed by atoms with E-state index >= 15 is 0 Å². The second-order valence-electron chi connectivity index (χ2n) is 4.99. The number of aromatic nitrogens is 1. The van der Waals surface area contributed by atoms with E-state index in [9.17, 15) is 5.11 Å². The molecule has 0 radical (unpaired) electrons. The van der Waals surface area contributed by atoms with Crippen LogP contribution in [0, 0.1) is 0 Å². The summed E-state index contributed by atoms with van der Waals surface area (Å²) in [7, 11) is 0. The van der Waals surface area contributed by atoms with Crippen LogP contribution in [0.25, 0.3) is 0 Å². The molecule has 3 heteroatoms. The first-order valence-corrected chi connectivity index (χ1v) is 6.42. The molecule has 0 saturated heterocycles. The average molecular weight is 260 g/mol. The lowest BCUT2D eigenvalue weighted by molar-refractivity contribution is 0.0518. The van der Waals surface area contributed by atoms with Crippen molar-refractivity contribution in [1.29, 1.82) is 0 Å². The second-order valence-corrected chi connectivity index (χ2v) is 5.40. The lowest BCUT2D eigenvalue weighted by atomic mass is 9.92. The van der Waals surface area contributed by atoms with Gasteiger partial charge in [-0.2, -0.15) is 0 Å². The minimum Gasteiger partial charge on any atom is -0.389 e. The first kappa shape index (κ1) is 11.7.